The van der Waals surface area contributed by atoms with Crippen molar-refractivity contribution in [3.05, 3.63) is 59.8 Å². The normalized spacial score (nSPS) is 12.7. The number of fused-ring (bicyclic) bond motifs is 1. The molecule has 0 saturated heterocycles. The number of hydrogen-bond acceptors (Lipinski definition) is 4. The van der Waals surface area contributed by atoms with E-state index in [1.54, 1.807) is 0 Å². The molecule has 0 radical (unpaired) electrons. The van der Waals surface area contributed by atoms with Crippen LogP contribution in [-0.4, -0.2) is 16.7 Å². The number of nitrogens with zero attached hydrogens (tertiary/aromatic N) is 2. The maximum absolute atomic E-state index is 5.77. The van der Waals surface area contributed by atoms with Gasteiger partial charge in [-0.25, -0.2) is 0 Å². The molecule has 0 aliphatic carbocycles. The zero-order chi connectivity index (χ0) is 14.7. The van der Waals surface area contributed by atoms with Crippen molar-refractivity contribution >= 4 is 10.8 Å². The summed E-state index contributed by atoms with van der Waals surface area (Å²) in [5.41, 5.74) is 1.21. The van der Waals surface area contributed by atoms with E-state index in [0.717, 1.165) is 6.54 Å². The summed E-state index contributed by atoms with van der Waals surface area (Å²) in [7, 11) is 0. The quantitative estimate of drug-likeness (QED) is 0.778. The van der Waals surface area contributed by atoms with E-state index in [0.29, 0.717) is 18.2 Å². The minimum absolute atomic E-state index is 0.0868. The Morgan fingerprint density at radius 2 is 1.90 bits per heavy atom. The lowest BCUT2D eigenvalue weighted by Crippen LogP contribution is -2.17. The fourth-order valence-electron chi connectivity index (χ4n) is 2.52. The second-order valence-electron chi connectivity index (χ2n) is 5.13. The maximum Gasteiger partial charge on any atom is 0.233 e. The van der Waals surface area contributed by atoms with E-state index in [1.165, 1.54) is 16.3 Å². The Balaban J connectivity index is 1.86. The van der Waals surface area contributed by atoms with Gasteiger partial charge in [0, 0.05) is 0 Å². The van der Waals surface area contributed by atoms with Crippen molar-refractivity contribution in [2.24, 2.45) is 0 Å². The van der Waals surface area contributed by atoms with E-state index in [-0.39, 0.29) is 6.04 Å². The summed E-state index contributed by atoms with van der Waals surface area (Å²) in [4.78, 5) is 0. The molecule has 4 nitrogen and oxygen atoms in total. The number of nitrogens with one attached hydrogen (secondary N) is 1. The predicted octanol–water partition coefficient (Wildman–Crippen LogP) is 3.48. The summed E-state index contributed by atoms with van der Waals surface area (Å²) in [5.74, 6) is 1.30. The number of benzene rings is 2. The highest BCUT2D eigenvalue weighted by Gasteiger charge is 2.13. The Kier molecular flexibility index (Phi) is 3.97. The highest BCUT2D eigenvalue weighted by Crippen LogP contribution is 2.21. The van der Waals surface area contributed by atoms with E-state index < -0.39 is 0 Å². The van der Waals surface area contributed by atoms with Crippen molar-refractivity contribution in [2.75, 3.05) is 6.54 Å². The van der Waals surface area contributed by atoms with Gasteiger partial charge in [-0.3, -0.25) is 0 Å². The Hall–Kier alpha value is -2.20. The topological polar surface area (TPSA) is 51.0 Å². The molecule has 1 heterocycles. The average Bonchev–Trinajstić information content (AvgIpc) is 2.97. The van der Waals surface area contributed by atoms with Gasteiger partial charge < -0.3 is 9.73 Å². The fraction of sp³-hybridized carbons (Fsp3) is 0.294. The molecule has 0 saturated carbocycles. The van der Waals surface area contributed by atoms with Crippen LogP contribution in [0, 0.1) is 0 Å². The molecule has 21 heavy (non-hydrogen) atoms. The lowest BCUT2D eigenvalue weighted by molar-refractivity contribution is 0.401. The van der Waals surface area contributed by atoms with Crippen molar-refractivity contribution in [1.82, 2.24) is 15.5 Å². The van der Waals surface area contributed by atoms with Crippen LogP contribution in [0.2, 0.25) is 0 Å². The van der Waals surface area contributed by atoms with Gasteiger partial charge in [-0.15, -0.1) is 10.2 Å². The lowest BCUT2D eigenvalue weighted by Gasteiger charge is -2.06. The molecule has 3 rings (SSSR count). The molecule has 108 valence electrons. The third-order valence-corrected chi connectivity index (χ3v) is 3.58. The van der Waals surface area contributed by atoms with E-state index in [2.05, 4.69) is 64.9 Å². The Labute approximate surface area is 124 Å². The van der Waals surface area contributed by atoms with Gasteiger partial charge in [0.1, 0.15) is 0 Å². The van der Waals surface area contributed by atoms with Gasteiger partial charge in [0.2, 0.25) is 11.8 Å². The molecule has 0 aliphatic rings. The molecule has 3 aromatic rings. The monoisotopic (exact) mass is 281 g/mol. The standard InChI is InChI=1S/C17H19N3O/c1-3-18-12(2)17-20-19-16(21-17)11-14-9-6-8-13-7-4-5-10-15(13)14/h4-10,12,18H,3,11H2,1-2H3. The summed E-state index contributed by atoms with van der Waals surface area (Å²) >= 11 is 0. The first-order valence-corrected chi connectivity index (χ1v) is 7.30. The average molecular weight is 281 g/mol. The highest BCUT2D eigenvalue weighted by molar-refractivity contribution is 5.85. The van der Waals surface area contributed by atoms with Gasteiger partial charge in [-0.2, -0.15) is 0 Å². The summed E-state index contributed by atoms with van der Waals surface area (Å²) in [6, 6.07) is 14.7. The third-order valence-electron chi connectivity index (χ3n) is 3.58. The van der Waals surface area contributed by atoms with E-state index in [4.69, 9.17) is 4.42 Å². The molecular formula is C17H19N3O. The fourth-order valence-corrected chi connectivity index (χ4v) is 2.52. The van der Waals surface area contributed by atoms with Gasteiger partial charge in [0.25, 0.3) is 0 Å². The zero-order valence-electron chi connectivity index (χ0n) is 12.3. The summed E-state index contributed by atoms with van der Waals surface area (Å²) in [5, 5.41) is 14.0. The van der Waals surface area contributed by atoms with Crippen LogP contribution in [0.3, 0.4) is 0 Å². The second-order valence-corrected chi connectivity index (χ2v) is 5.13. The summed E-state index contributed by atoms with van der Waals surface area (Å²) in [6.45, 7) is 4.96. The van der Waals surface area contributed by atoms with Crippen LogP contribution in [0.15, 0.2) is 46.9 Å². The lowest BCUT2D eigenvalue weighted by atomic mass is 10.0. The minimum atomic E-state index is 0.0868. The predicted molar refractivity (Wildman–Crippen MR) is 83.1 cm³/mol. The molecule has 1 unspecified atom stereocenters. The van der Waals surface area contributed by atoms with Gasteiger partial charge >= 0.3 is 0 Å². The van der Waals surface area contributed by atoms with Crippen molar-refractivity contribution in [3.8, 4) is 0 Å². The van der Waals surface area contributed by atoms with Crippen molar-refractivity contribution in [3.63, 3.8) is 0 Å². The smallest absolute Gasteiger partial charge is 0.233 e. The van der Waals surface area contributed by atoms with Crippen molar-refractivity contribution in [1.29, 1.82) is 0 Å². The summed E-state index contributed by atoms with van der Waals surface area (Å²) in [6.07, 6.45) is 0.660. The van der Waals surface area contributed by atoms with Crippen LogP contribution in [0.5, 0.6) is 0 Å². The largest absolute Gasteiger partial charge is 0.423 e. The molecule has 0 fully saturated rings. The molecule has 4 heteroatoms. The Morgan fingerprint density at radius 1 is 1.10 bits per heavy atom. The van der Waals surface area contributed by atoms with Crippen LogP contribution >= 0.6 is 0 Å². The zero-order valence-corrected chi connectivity index (χ0v) is 12.3. The molecule has 1 atom stereocenters. The van der Waals surface area contributed by atoms with E-state index >= 15 is 0 Å². The van der Waals surface area contributed by atoms with Crippen molar-refractivity contribution < 1.29 is 4.42 Å². The molecule has 1 aromatic heterocycles. The Bertz CT molecular complexity index is 730. The van der Waals surface area contributed by atoms with Crippen molar-refractivity contribution in [2.45, 2.75) is 26.3 Å². The number of hydrogen-bond donors (Lipinski definition) is 1. The number of aromatic nitrogens is 2. The van der Waals surface area contributed by atoms with Crippen LogP contribution in [0.1, 0.15) is 37.2 Å². The summed E-state index contributed by atoms with van der Waals surface area (Å²) < 4.78 is 5.77. The van der Waals surface area contributed by atoms with Crippen LogP contribution < -0.4 is 5.32 Å². The highest BCUT2D eigenvalue weighted by atomic mass is 16.4. The molecule has 0 aliphatic heterocycles. The van der Waals surface area contributed by atoms with E-state index in [1.807, 2.05) is 6.92 Å². The molecule has 0 amide bonds. The molecule has 0 bridgehead atoms. The first kappa shape index (κ1) is 13.8. The van der Waals surface area contributed by atoms with Gasteiger partial charge in [-0.05, 0) is 29.8 Å². The second kappa shape index (κ2) is 6.06. The first-order valence-electron chi connectivity index (χ1n) is 7.30. The van der Waals surface area contributed by atoms with Gasteiger partial charge in [-0.1, -0.05) is 49.4 Å². The maximum atomic E-state index is 5.77. The Morgan fingerprint density at radius 3 is 2.76 bits per heavy atom. The minimum Gasteiger partial charge on any atom is -0.423 e. The number of rotatable bonds is 5. The van der Waals surface area contributed by atoms with E-state index in [9.17, 15) is 0 Å². The van der Waals surface area contributed by atoms with Crippen LogP contribution in [-0.2, 0) is 6.42 Å². The van der Waals surface area contributed by atoms with Crippen LogP contribution in [0.4, 0.5) is 0 Å². The van der Waals surface area contributed by atoms with Gasteiger partial charge in [0.15, 0.2) is 0 Å². The van der Waals surface area contributed by atoms with Crippen LogP contribution in [0.25, 0.3) is 10.8 Å². The first-order chi connectivity index (χ1) is 10.3. The van der Waals surface area contributed by atoms with Gasteiger partial charge in [0.05, 0.1) is 12.5 Å². The molecule has 1 N–H and O–H groups in total. The molecular weight excluding hydrogens is 262 g/mol. The SMILES string of the molecule is CCNC(C)c1nnc(Cc2cccc3ccccc23)o1. The molecule has 0 spiro atoms. The molecule has 2 aromatic carbocycles. The third kappa shape index (κ3) is 2.95.